The highest BCUT2D eigenvalue weighted by Gasteiger charge is 2.22. The predicted octanol–water partition coefficient (Wildman–Crippen LogP) is 6.50. The minimum Gasteiger partial charge on any atom is -0.321 e. The Kier molecular flexibility index (Phi) is 6.87. The molecule has 0 saturated carbocycles. The van der Waals surface area contributed by atoms with Crippen LogP contribution in [0.5, 0.6) is 0 Å². The van der Waals surface area contributed by atoms with Crippen LogP contribution in [0.15, 0.2) is 90.3 Å². The number of anilines is 1. The molecule has 1 N–H and O–H groups in total. The second-order valence-corrected chi connectivity index (χ2v) is 10.9. The zero-order valence-corrected chi connectivity index (χ0v) is 22.8. The third-order valence-electron chi connectivity index (χ3n) is 6.07. The summed E-state index contributed by atoms with van der Waals surface area (Å²) in [6.07, 6.45) is 3.38. The quantitative estimate of drug-likeness (QED) is 0.179. The molecule has 0 atom stereocenters. The number of nitrogens with one attached hydrogen (secondary N) is 1. The van der Waals surface area contributed by atoms with Gasteiger partial charge >= 0.3 is 0 Å². The third-order valence-corrected chi connectivity index (χ3v) is 8.02. The Labute approximate surface area is 233 Å². The molecule has 0 aliphatic rings. The molecule has 6 rings (SSSR count). The summed E-state index contributed by atoms with van der Waals surface area (Å²) in [6.45, 7) is 4.10. The molecule has 0 aliphatic carbocycles. The zero-order valence-electron chi connectivity index (χ0n) is 21.2. The van der Waals surface area contributed by atoms with E-state index in [1.807, 2.05) is 61.5 Å². The number of thioether (sulfide) groups is 1. The van der Waals surface area contributed by atoms with Gasteiger partial charge in [0.25, 0.3) is 5.91 Å². The van der Waals surface area contributed by atoms with Crippen LogP contribution in [0.4, 0.5) is 5.69 Å². The molecule has 192 valence electrons. The minimum absolute atomic E-state index is 0.254. The van der Waals surface area contributed by atoms with Crippen molar-refractivity contribution in [3.8, 4) is 16.3 Å². The number of hydrogen-bond donors (Lipinski definition) is 1. The summed E-state index contributed by atoms with van der Waals surface area (Å²) < 4.78 is 2.85. The fraction of sp³-hybridized carbons (Fsp3) is 0.103. The summed E-state index contributed by atoms with van der Waals surface area (Å²) in [5.41, 5.74) is 6.74. The average Bonchev–Trinajstić information content (AvgIpc) is 3.57. The molecule has 0 unspecified atom stereocenters. The summed E-state index contributed by atoms with van der Waals surface area (Å²) in [5.74, 6) is 0.0880. The van der Waals surface area contributed by atoms with E-state index in [4.69, 9.17) is 4.98 Å². The summed E-state index contributed by atoms with van der Waals surface area (Å²) in [5, 5.41) is 13.1. The summed E-state index contributed by atoms with van der Waals surface area (Å²) in [7, 11) is 0. The maximum Gasteiger partial charge on any atom is 0.278 e. The van der Waals surface area contributed by atoms with Gasteiger partial charge in [-0.2, -0.15) is 0 Å². The van der Waals surface area contributed by atoms with Gasteiger partial charge in [-0.25, -0.2) is 19.6 Å². The van der Waals surface area contributed by atoms with Gasteiger partial charge in [-0.05, 0) is 74.0 Å². The average molecular weight is 550 g/mol. The van der Waals surface area contributed by atoms with E-state index < -0.39 is 0 Å². The molecule has 0 bridgehead atoms. The number of thiazole rings is 1. The molecule has 0 saturated heterocycles. The van der Waals surface area contributed by atoms with Gasteiger partial charge in [0, 0.05) is 29.4 Å². The Balaban J connectivity index is 1.25. The topological polar surface area (TPSA) is 98.5 Å². The number of amides is 1. The summed E-state index contributed by atoms with van der Waals surface area (Å²) in [6, 6.07) is 23.6. The normalized spacial score (nSPS) is 11.1. The van der Waals surface area contributed by atoms with Gasteiger partial charge in [0.05, 0.1) is 21.6 Å². The number of rotatable bonds is 7. The van der Waals surface area contributed by atoms with Crippen molar-refractivity contribution in [1.29, 1.82) is 0 Å². The molecule has 8 nitrogen and oxygen atoms in total. The maximum atomic E-state index is 13.4. The van der Waals surface area contributed by atoms with E-state index >= 15 is 0 Å². The van der Waals surface area contributed by atoms with Crippen molar-refractivity contribution in [3.63, 3.8) is 0 Å². The van der Waals surface area contributed by atoms with Gasteiger partial charge < -0.3 is 5.32 Å². The van der Waals surface area contributed by atoms with Crippen LogP contribution in [0.1, 0.15) is 27.3 Å². The molecule has 3 aromatic heterocycles. The van der Waals surface area contributed by atoms with E-state index in [-0.39, 0.29) is 11.6 Å². The molecule has 0 radical (unpaired) electrons. The fourth-order valence-electron chi connectivity index (χ4n) is 4.04. The molecule has 0 spiro atoms. The maximum absolute atomic E-state index is 13.4. The van der Waals surface area contributed by atoms with Crippen LogP contribution >= 0.6 is 23.1 Å². The predicted molar refractivity (Wildman–Crippen MR) is 155 cm³/mol. The monoisotopic (exact) mass is 549 g/mol. The standard InChI is InChI=1S/C29H23N7OS2/c1-18-4-11-22(12-5-18)36-24(17-38-29-30-14-3-15-31-29)26(34-35-36)27(37)32-21-9-7-20(8-10-21)28-33-23-13-6-19(2)16-25(23)39-28/h3-16H,17H2,1-2H3,(H,32,37). The van der Waals surface area contributed by atoms with Crippen molar-refractivity contribution in [3.05, 3.63) is 108 Å². The van der Waals surface area contributed by atoms with Crippen LogP contribution in [-0.2, 0) is 5.75 Å². The van der Waals surface area contributed by atoms with Crippen LogP contribution in [0.25, 0.3) is 26.5 Å². The lowest BCUT2D eigenvalue weighted by Crippen LogP contribution is -2.15. The highest BCUT2D eigenvalue weighted by Crippen LogP contribution is 2.31. The second kappa shape index (κ2) is 10.8. The highest BCUT2D eigenvalue weighted by molar-refractivity contribution is 7.98. The number of carbonyl (C=O) groups excluding carboxylic acids is 1. The molecule has 6 aromatic rings. The first-order valence-corrected chi connectivity index (χ1v) is 14.0. The molecular weight excluding hydrogens is 527 g/mol. The van der Waals surface area contributed by atoms with Crippen molar-refractivity contribution in [2.24, 2.45) is 0 Å². The van der Waals surface area contributed by atoms with E-state index in [0.29, 0.717) is 22.3 Å². The molecule has 3 aromatic carbocycles. The Morgan fingerprint density at radius 3 is 2.46 bits per heavy atom. The van der Waals surface area contributed by atoms with E-state index in [9.17, 15) is 4.79 Å². The number of carbonyl (C=O) groups is 1. The number of aryl methyl sites for hydroxylation is 2. The Bertz CT molecular complexity index is 1760. The first kappa shape index (κ1) is 24.9. The Morgan fingerprint density at radius 2 is 1.69 bits per heavy atom. The molecule has 1 amide bonds. The summed E-state index contributed by atoms with van der Waals surface area (Å²) in [4.78, 5) is 26.7. The number of fused-ring (bicyclic) bond motifs is 1. The SMILES string of the molecule is Cc1ccc(-n2nnc(C(=O)Nc3ccc(-c4nc5ccc(C)cc5s4)cc3)c2CSc2ncccn2)cc1. The van der Waals surface area contributed by atoms with Crippen LogP contribution < -0.4 is 5.32 Å². The lowest BCUT2D eigenvalue weighted by atomic mass is 10.2. The van der Waals surface area contributed by atoms with Gasteiger partial charge in [0.2, 0.25) is 0 Å². The van der Waals surface area contributed by atoms with Gasteiger partial charge in [0.15, 0.2) is 10.9 Å². The van der Waals surface area contributed by atoms with Gasteiger partial charge in [0.1, 0.15) is 5.01 Å². The molecule has 39 heavy (non-hydrogen) atoms. The molecule has 3 heterocycles. The minimum atomic E-state index is -0.332. The molecular formula is C29H23N7OS2. The van der Waals surface area contributed by atoms with Crippen molar-refractivity contribution >= 4 is 44.9 Å². The summed E-state index contributed by atoms with van der Waals surface area (Å²) >= 11 is 3.08. The zero-order chi connectivity index (χ0) is 26.8. The first-order chi connectivity index (χ1) is 19.0. The van der Waals surface area contributed by atoms with E-state index in [1.165, 1.54) is 17.3 Å². The van der Waals surface area contributed by atoms with E-state index in [1.54, 1.807) is 34.5 Å². The number of nitrogens with zero attached hydrogens (tertiary/aromatic N) is 6. The fourth-order valence-corrected chi connectivity index (χ4v) is 5.90. The van der Waals surface area contributed by atoms with E-state index in [2.05, 4.69) is 44.7 Å². The Hall–Kier alpha value is -4.41. The van der Waals surface area contributed by atoms with Crippen LogP contribution in [0, 0.1) is 13.8 Å². The number of aromatic nitrogens is 6. The lowest BCUT2D eigenvalue weighted by Gasteiger charge is -2.09. The van der Waals surface area contributed by atoms with Crippen molar-refractivity contribution in [2.45, 2.75) is 24.8 Å². The second-order valence-electron chi connectivity index (χ2n) is 8.97. The van der Waals surface area contributed by atoms with Gasteiger partial charge in [-0.1, -0.05) is 40.7 Å². The molecule has 0 fully saturated rings. The van der Waals surface area contributed by atoms with Crippen molar-refractivity contribution in [2.75, 3.05) is 5.32 Å². The van der Waals surface area contributed by atoms with Crippen molar-refractivity contribution in [1.82, 2.24) is 29.9 Å². The Morgan fingerprint density at radius 1 is 0.949 bits per heavy atom. The smallest absolute Gasteiger partial charge is 0.278 e. The first-order valence-electron chi connectivity index (χ1n) is 12.2. The van der Waals surface area contributed by atoms with Crippen molar-refractivity contribution < 1.29 is 4.79 Å². The highest BCUT2D eigenvalue weighted by atomic mass is 32.2. The largest absolute Gasteiger partial charge is 0.321 e. The van der Waals surface area contributed by atoms with Crippen LogP contribution in [-0.4, -0.2) is 35.9 Å². The number of benzene rings is 3. The van der Waals surface area contributed by atoms with Gasteiger partial charge in [-0.15, -0.1) is 16.4 Å². The van der Waals surface area contributed by atoms with Crippen LogP contribution in [0.3, 0.4) is 0 Å². The number of hydrogen-bond acceptors (Lipinski definition) is 8. The third kappa shape index (κ3) is 5.43. The van der Waals surface area contributed by atoms with Crippen LogP contribution in [0.2, 0.25) is 0 Å². The lowest BCUT2D eigenvalue weighted by molar-refractivity contribution is 0.102. The van der Waals surface area contributed by atoms with E-state index in [0.717, 1.165) is 32.0 Å². The molecule has 0 aliphatic heterocycles. The van der Waals surface area contributed by atoms with Gasteiger partial charge in [-0.3, -0.25) is 4.79 Å². The molecule has 10 heteroatoms.